The fourth-order valence-corrected chi connectivity index (χ4v) is 2.38. The smallest absolute Gasteiger partial charge is 0.408 e. The number of carbonyl (C=O) groups is 1. The Morgan fingerprint density at radius 2 is 2.00 bits per heavy atom. The van der Waals surface area contributed by atoms with Crippen LogP contribution in [0.4, 0.5) is 5.69 Å². The quantitative estimate of drug-likeness (QED) is 0.805. The Hall–Kier alpha value is -2.82. The number of fused-ring (bicyclic) bond motifs is 1. The Balaban J connectivity index is 1.81. The predicted octanol–water partition coefficient (Wildman–Crippen LogP) is 2.80. The highest BCUT2D eigenvalue weighted by Crippen LogP contribution is 2.13. The van der Waals surface area contributed by atoms with Gasteiger partial charge in [-0.15, -0.1) is 0 Å². The monoisotopic (exact) mass is 296 g/mol. The Kier molecular flexibility index (Phi) is 3.78. The van der Waals surface area contributed by atoms with Gasteiger partial charge in [-0.2, -0.15) is 0 Å². The van der Waals surface area contributed by atoms with E-state index in [0.29, 0.717) is 11.1 Å². The lowest BCUT2D eigenvalue weighted by Crippen LogP contribution is -2.24. The van der Waals surface area contributed by atoms with Crippen molar-refractivity contribution in [3.63, 3.8) is 0 Å². The molecular formula is C17H16N2O3. The molecule has 5 nitrogen and oxygen atoms in total. The first kappa shape index (κ1) is 14.1. The number of anilines is 1. The normalized spacial score (nSPS) is 10.8. The highest BCUT2D eigenvalue weighted by Gasteiger charge is 2.12. The Morgan fingerprint density at radius 3 is 2.82 bits per heavy atom. The maximum absolute atomic E-state index is 12.2. The predicted molar refractivity (Wildman–Crippen MR) is 84.9 cm³/mol. The van der Waals surface area contributed by atoms with Crippen molar-refractivity contribution < 1.29 is 9.21 Å². The third-order valence-electron chi connectivity index (χ3n) is 3.49. The fraction of sp³-hybridized carbons (Fsp3) is 0.176. The number of hydrogen-bond donors (Lipinski definition) is 1. The lowest BCUT2D eigenvalue weighted by atomic mass is 10.1. The van der Waals surface area contributed by atoms with Crippen LogP contribution in [0.15, 0.2) is 57.7 Å². The maximum Gasteiger partial charge on any atom is 0.420 e. The molecule has 0 bridgehead atoms. The van der Waals surface area contributed by atoms with Crippen LogP contribution in [0.25, 0.3) is 11.1 Å². The molecule has 0 atom stereocenters. The summed E-state index contributed by atoms with van der Waals surface area (Å²) in [6, 6.07) is 14.7. The number of aryl methyl sites for hydroxylation is 1. The molecule has 0 saturated heterocycles. The summed E-state index contributed by atoms with van der Waals surface area (Å²) in [7, 11) is 0. The number of carbonyl (C=O) groups excluding carboxylic acids is 1. The number of rotatable bonds is 4. The Bertz CT molecular complexity index is 877. The maximum atomic E-state index is 12.2. The molecule has 0 spiro atoms. The second kappa shape index (κ2) is 5.89. The molecule has 3 aromatic rings. The molecule has 0 unspecified atom stereocenters. The molecule has 1 heterocycles. The minimum atomic E-state index is -0.529. The van der Waals surface area contributed by atoms with Crippen LogP contribution in [-0.2, 0) is 17.8 Å². The van der Waals surface area contributed by atoms with Crippen LogP contribution >= 0.6 is 0 Å². The summed E-state index contributed by atoms with van der Waals surface area (Å²) >= 11 is 0. The van der Waals surface area contributed by atoms with Crippen LogP contribution in [0.5, 0.6) is 0 Å². The van der Waals surface area contributed by atoms with Gasteiger partial charge in [0.1, 0.15) is 6.54 Å². The molecule has 112 valence electrons. The van der Waals surface area contributed by atoms with E-state index >= 15 is 0 Å². The van der Waals surface area contributed by atoms with E-state index in [1.165, 1.54) is 4.57 Å². The zero-order valence-corrected chi connectivity index (χ0v) is 12.2. The van der Waals surface area contributed by atoms with Crippen molar-refractivity contribution in [2.45, 2.75) is 19.9 Å². The Labute approximate surface area is 127 Å². The van der Waals surface area contributed by atoms with Crippen molar-refractivity contribution >= 4 is 22.7 Å². The molecule has 2 aromatic carbocycles. The van der Waals surface area contributed by atoms with E-state index in [4.69, 9.17) is 4.42 Å². The van der Waals surface area contributed by atoms with Gasteiger partial charge in [0.15, 0.2) is 5.58 Å². The minimum Gasteiger partial charge on any atom is -0.408 e. The molecule has 0 saturated carbocycles. The number of oxazole rings is 1. The van der Waals surface area contributed by atoms with Gasteiger partial charge in [0.2, 0.25) is 5.91 Å². The van der Waals surface area contributed by atoms with Crippen molar-refractivity contribution in [3.05, 3.63) is 64.6 Å². The van der Waals surface area contributed by atoms with E-state index in [1.807, 2.05) is 24.3 Å². The number of nitrogens with one attached hydrogen (secondary N) is 1. The summed E-state index contributed by atoms with van der Waals surface area (Å²) in [6.07, 6.45) is 0.898. The van der Waals surface area contributed by atoms with E-state index < -0.39 is 5.76 Å². The molecule has 0 fully saturated rings. The van der Waals surface area contributed by atoms with Crippen molar-refractivity contribution in [2.24, 2.45) is 0 Å². The van der Waals surface area contributed by atoms with Gasteiger partial charge in [-0.25, -0.2) is 4.79 Å². The highest BCUT2D eigenvalue weighted by atomic mass is 16.4. The summed E-state index contributed by atoms with van der Waals surface area (Å²) in [5, 5.41) is 2.81. The van der Waals surface area contributed by atoms with Crippen LogP contribution in [0, 0.1) is 0 Å². The van der Waals surface area contributed by atoms with Gasteiger partial charge in [-0.3, -0.25) is 9.36 Å². The third-order valence-corrected chi connectivity index (χ3v) is 3.49. The largest absolute Gasteiger partial charge is 0.420 e. The average molecular weight is 296 g/mol. The van der Waals surface area contributed by atoms with Gasteiger partial charge in [-0.05, 0) is 36.2 Å². The van der Waals surface area contributed by atoms with Gasteiger partial charge < -0.3 is 9.73 Å². The zero-order valence-electron chi connectivity index (χ0n) is 12.2. The van der Waals surface area contributed by atoms with E-state index in [2.05, 4.69) is 12.2 Å². The number of para-hydroxylation sites is 2. The molecule has 22 heavy (non-hydrogen) atoms. The van der Waals surface area contributed by atoms with Gasteiger partial charge in [0.05, 0.1) is 5.52 Å². The molecular weight excluding hydrogens is 280 g/mol. The number of benzene rings is 2. The highest BCUT2D eigenvalue weighted by molar-refractivity contribution is 5.91. The van der Waals surface area contributed by atoms with Crippen LogP contribution in [-0.4, -0.2) is 10.5 Å². The van der Waals surface area contributed by atoms with Crippen LogP contribution < -0.4 is 11.1 Å². The summed E-state index contributed by atoms with van der Waals surface area (Å²) < 4.78 is 6.44. The van der Waals surface area contributed by atoms with E-state index in [1.54, 1.807) is 24.3 Å². The van der Waals surface area contributed by atoms with Gasteiger partial charge in [0, 0.05) is 5.69 Å². The number of hydrogen-bond acceptors (Lipinski definition) is 3. The number of nitrogens with zero attached hydrogens (tertiary/aromatic N) is 1. The molecule has 0 aliphatic rings. The lowest BCUT2D eigenvalue weighted by Gasteiger charge is -2.07. The zero-order chi connectivity index (χ0) is 15.5. The first-order valence-electron chi connectivity index (χ1n) is 7.14. The van der Waals surface area contributed by atoms with Crippen LogP contribution in [0.1, 0.15) is 12.5 Å². The summed E-state index contributed by atoms with van der Waals surface area (Å²) in [5.74, 6) is -0.791. The molecule has 0 radical (unpaired) electrons. The molecule has 5 heteroatoms. The molecule has 3 rings (SSSR count). The summed E-state index contributed by atoms with van der Waals surface area (Å²) in [5.41, 5.74) is 2.96. The second-order valence-electron chi connectivity index (χ2n) is 5.02. The lowest BCUT2D eigenvalue weighted by molar-refractivity contribution is -0.116. The standard InChI is InChI=1S/C17H16N2O3/c1-2-12-6-5-7-13(10-12)18-16(20)11-19-14-8-3-4-9-15(14)22-17(19)21/h3-10H,2,11H2,1H3,(H,18,20). The van der Waals surface area contributed by atoms with E-state index in [-0.39, 0.29) is 12.5 Å². The number of aromatic nitrogens is 1. The first-order chi connectivity index (χ1) is 10.7. The molecule has 1 amide bonds. The molecule has 0 aliphatic heterocycles. The SMILES string of the molecule is CCc1cccc(NC(=O)Cn2c(=O)oc3ccccc32)c1. The van der Waals surface area contributed by atoms with Gasteiger partial charge in [0.25, 0.3) is 0 Å². The molecule has 0 aliphatic carbocycles. The number of amides is 1. The molecule has 1 aromatic heterocycles. The second-order valence-corrected chi connectivity index (χ2v) is 5.02. The van der Waals surface area contributed by atoms with Crippen molar-refractivity contribution in [1.29, 1.82) is 0 Å². The minimum absolute atomic E-state index is 0.0772. The van der Waals surface area contributed by atoms with Gasteiger partial charge >= 0.3 is 5.76 Å². The first-order valence-corrected chi connectivity index (χ1v) is 7.14. The van der Waals surface area contributed by atoms with Crippen molar-refractivity contribution in [2.75, 3.05) is 5.32 Å². The van der Waals surface area contributed by atoms with E-state index in [9.17, 15) is 9.59 Å². The molecule has 1 N–H and O–H groups in total. The summed E-state index contributed by atoms with van der Waals surface area (Å²) in [4.78, 5) is 24.0. The van der Waals surface area contributed by atoms with Crippen molar-refractivity contribution in [1.82, 2.24) is 4.57 Å². The third kappa shape index (κ3) is 2.79. The van der Waals surface area contributed by atoms with E-state index in [0.717, 1.165) is 17.7 Å². The fourth-order valence-electron chi connectivity index (χ4n) is 2.38. The van der Waals surface area contributed by atoms with Crippen LogP contribution in [0.2, 0.25) is 0 Å². The topological polar surface area (TPSA) is 64.2 Å². The van der Waals surface area contributed by atoms with Crippen molar-refractivity contribution in [3.8, 4) is 0 Å². The van der Waals surface area contributed by atoms with Gasteiger partial charge in [-0.1, -0.05) is 31.2 Å². The Morgan fingerprint density at radius 1 is 1.18 bits per heavy atom. The summed E-state index contributed by atoms with van der Waals surface area (Å²) in [6.45, 7) is 1.98. The average Bonchev–Trinajstić information content (AvgIpc) is 2.83. The van der Waals surface area contributed by atoms with Crippen LogP contribution in [0.3, 0.4) is 0 Å².